The number of aliphatic carboxylic acids is 1. The van der Waals surface area contributed by atoms with E-state index in [1.807, 2.05) is 26.0 Å². The molecule has 1 aromatic carbocycles. The second kappa shape index (κ2) is 7.23. The van der Waals surface area contributed by atoms with Gasteiger partial charge in [-0.05, 0) is 37.5 Å². The number of carboxylic acid groups (broad SMARTS) is 1. The minimum absolute atomic E-state index is 0.156. The number of nitrogens with zero attached hydrogens (tertiary/aromatic N) is 1. The Morgan fingerprint density at radius 3 is 2.88 bits per heavy atom. The third-order valence-electron chi connectivity index (χ3n) is 4.86. The molecule has 1 fully saturated rings. The van der Waals surface area contributed by atoms with Gasteiger partial charge in [0.2, 0.25) is 0 Å². The van der Waals surface area contributed by atoms with Gasteiger partial charge in [-0.15, -0.1) is 0 Å². The molecule has 3 amide bonds. The summed E-state index contributed by atoms with van der Waals surface area (Å²) in [4.78, 5) is 36.7. The maximum atomic E-state index is 12.4. The van der Waals surface area contributed by atoms with Gasteiger partial charge in [0.05, 0.1) is 17.6 Å². The summed E-state index contributed by atoms with van der Waals surface area (Å²) in [5, 5.41) is 14.7. The van der Waals surface area contributed by atoms with Crippen molar-refractivity contribution in [2.75, 3.05) is 18.4 Å². The van der Waals surface area contributed by atoms with E-state index in [9.17, 15) is 14.4 Å². The summed E-state index contributed by atoms with van der Waals surface area (Å²) in [7, 11) is 0. The number of rotatable bonds is 4. The number of nitrogens with one attached hydrogen (secondary N) is 2. The summed E-state index contributed by atoms with van der Waals surface area (Å²) < 4.78 is 5.73. The van der Waals surface area contributed by atoms with Crippen molar-refractivity contribution in [3.63, 3.8) is 0 Å². The van der Waals surface area contributed by atoms with Gasteiger partial charge in [-0.3, -0.25) is 9.59 Å². The molecule has 1 aromatic rings. The molecule has 2 aliphatic rings. The Hall–Kier alpha value is -2.77. The quantitative estimate of drug-likeness (QED) is 0.760. The maximum Gasteiger partial charge on any atom is 0.317 e. The van der Waals surface area contributed by atoms with Crippen LogP contribution in [0.25, 0.3) is 0 Å². The first kappa shape index (κ1) is 18.0. The predicted molar refractivity (Wildman–Crippen MR) is 94.0 cm³/mol. The second-order valence-electron chi connectivity index (χ2n) is 6.70. The van der Waals surface area contributed by atoms with E-state index in [1.165, 1.54) is 4.90 Å². The molecule has 2 aliphatic heterocycles. The molecule has 0 aliphatic carbocycles. The fraction of sp³-hybridized carbons (Fsp3) is 0.500. The fourth-order valence-electron chi connectivity index (χ4n) is 3.20. The number of urea groups is 1. The van der Waals surface area contributed by atoms with Crippen molar-refractivity contribution >= 4 is 23.6 Å². The van der Waals surface area contributed by atoms with Gasteiger partial charge in [0.25, 0.3) is 5.91 Å². The number of anilines is 1. The Bertz CT molecular complexity index is 736. The number of benzene rings is 1. The molecule has 0 aromatic heterocycles. The minimum Gasteiger partial charge on any atom is -0.481 e. The van der Waals surface area contributed by atoms with E-state index in [2.05, 4.69) is 10.6 Å². The zero-order chi connectivity index (χ0) is 18.8. The number of carbonyl (C=O) groups excluding carboxylic acids is 2. The Kier molecular flexibility index (Phi) is 5.01. The van der Waals surface area contributed by atoms with Crippen LogP contribution >= 0.6 is 0 Å². The topological polar surface area (TPSA) is 108 Å². The minimum atomic E-state index is -0.868. The molecule has 1 saturated heterocycles. The number of likely N-dealkylation sites (tertiary alicyclic amines) is 1. The standard InChI is InChI=1S/C18H23N3O5/c1-3-14-16(22)20-13-5-4-11(8-15(13)26-14)10(2)19-18(25)21-7-6-12(9-21)17(23)24/h4-5,8,10,12,14H,3,6-7,9H2,1-2H3,(H,19,25)(H,20,22)(H,23,24). The van der Waals surface area contributed by atoms with Crippen LogP contribution in [0.5, 0.6) is 5.75 Å². The van der Waals surface area contributed by atoms with E-state index < -0.39 is 18.0 Å². The zero-order valence-corrected chi connectivity index (χ0v) is 14.8. The number of fused-ring (bicyclic) bond motifs is 1. The third kappa shape index (κ3) is 3.58. The summed E-state index contributed by atoms with van der Waals surface area (Å²) in [5.74, 6) is -0.936. The van der Waals surface area contributed by atoms with Crippen LogP contribution < -0.4 is 15.4 Å². The predicted octanol–water partition coefficient (Wildman–Crippen LogP) is 1.97. The van der Waals surface area contributed by atoms with Crippen molar-refractivity contribution in [2.24, 2.45) is 5.92 Å². The molecule has 140 valence electrons. The summed E-state index contributed by atoms with van der Waals surface area (Å²) in [5.41, 5.74) is 1.46. The van der Waals surface area contributed by atoms with Gasteiger partial charge in [0, 0.05) is 13.1 Å². The van der Waals surface area contributed by atoms with Gasteiger partial charge in [0.15, 0.2) is 6.10 Å². The van der Waals surface area contributed by atoms with Crippen molar-refractivity contribution in [3.05, 3.63) is 23.8 Å². The average Bonchev–Trinajstić information content (AvgIpc) is 3.11. The molecule has 0 radical (unpaired) electrons. The Labute approximate surface area is 151 Å². The first-order valence-electron chi connectivity index (χ1n) is 8.78. The van der Waals surface area contributed by atoms with Crippen LogP contribution in [0.4, 0.5) is 10.5 Å². The molecule has 3 atom stereocenters. The molecular formula is C18H23N3O5. The Morgan fingerprint density at radius 2 is 2.23 bits per heavy atom. The van der Waals surface area contributed by atoms with Crippen LogP contribution in [0.1, 0.15) is 38.3 Å². The molecule has 0 spiro atoms. The van der Waals surface area contributed by atoms with Gasteiger partial charge < -0.3 is 25.4 Å². The number of carboxylic acids is 1. The van der Waals surface area contributed by atoms with Gasteiger partial charge in [-0.25, -0.2) is 4.79 Å². The van der Waals surface area contributed by atoms with Crippen LogP contribution in [0.15, 0.2) is 18.2 Å². The van der Waals surface area contributed by atoms with E-state index in [1.54, 1.807) is 6.07 Å². The lowest BCUT2D eigenvalue weighted by Crippen LogP contribution is -2.40. The highest BCUT2D eigenvalue weighted by Gasteiger charge is 2.31. The fourth-order valence-corrected chi connectivity index (χ4v) is 3.20. The first-order valence-corrected chi connectivity index (χ1v) is 8.78. The molecule has 3 unspecified atom stereocenters. The molecule has 0 saturated carbocycles. The van der Waals surface area contributed by atoms with Gasteiger partial charge in [0.1, 0.15) is 5.75 Å². The van der Waals surface area contributed by atoms with Gasteiger partial charge in [-0.1, -0.05) is 13.0 Å². The molecule has 3 rings (SSSR count). The second-order valence-corrected chi connectivity index (χ2v) is 6.70. The summed E-state index contributed by atoms with van der Waals surface area (Å²) in [6, 6.07) is 4.83. The van der Waals surface area contributed by atoms with Crippen molar-refractivity contribution < 1.29 is 24.2 Å². The lowest BCUT2D eigenvalue weighted by atomic mass is 10.1. The lowest BCUT2D eigenvalue weighted by Gasteiger charge is -2.26. The first-order chi connectivity index (χ1) is 12.4. The summed E-state index contributed by atoms with van der Waals surface area (Å²) in [6.45, 7) is 4.39. The Balaban J connectivity index is 1.65. The highest BCUT2D eigenvalue weighted by Crippen LogP contribution is 2.33. The van der Waals surface area contributed by atoms with Crippen molar-refractivity contribution in [3.8, 4) is 5.75 Å². The van der Waals surface area contributed by atoms with Crippen LogP contribution in [0, 0.1) is 5.92 Å². The van der Waals surface area contributed by atoms with Crippen LogP contribution in [0.3, 0.4) is 0 Å². The molecular weight excluding hydrogens is 338 g/mol. The normalized spacial score (nSPS) is 22.8. The Morgan fingerprint density at radius 1 is 1.46 bits per heavy atom. The molecule has 8 nitrogen and oxygen atoms in total. The SMILES string of the molecule is CCC1Oc2cc(C(C)NC(=O)N3CCC(C(=O)O)C3)ccc2NC1=O. The van der Waals surface area contributed by atoms with E-state index in [0.29, 0.717) is 30.8 Å². The number of amides is 3. The lowest BCUT2D eigenvalue weighted by molar-refractivity contribution is -0.141. The summed E-state index contributed by atoms with van der Waals surface area (Å²) in [6.07, 6.45) is 0.531. The van der Waals surface area contributed by atoms with Gasteiger partial charge >= 0.3 is 12.0 Å². The van der Waals surface area contributed by atoms with E-state index in [4.69, 9.17) is 9.84 Å². The van der Waals surface area contributed by atoms with Crippen molar-refractivity contribution in [1.82, 2.24) is 10.2 Å². The van der Waals surface area contributed by atoms with Gasteiger partial charge in [-0.2, -0.15) is 0 Å². The highest BCUT2D eigenvalue weighted by atomic mass is 16.5. The molecule has 8 heteroatoms. The molecule has 2 heterocycles. The van der Waals surface area contributed by atoms with Crippen molar-refractivity contribution in [2.45, 2.75) is 38.8 Å². The monoisotopic (exact) mass is 361 g/mol. The molecule has 26 heavy (non-hydrogen) atoms. The van der Waals surface area contributed by atoms with Crippen LogP contribution in [0.2, 0.25) is 0 Å². The van der Waals surface area contributed by atoms with Crippen LogP contribution in [-0.4, -0.2) is 47.1 Å². The zero-order valence-electron chi connectivity index (χ0n) is 14.8. The van der Waals surface area contributed by atoms with E-state index >= 15 is 0 Å². The molecule has 3 N–H and O–H groups in total. The number of carbonyl (C=O) groups is 3. The largest absolute Gasteiger partial charge is 0.481 e. The van der Waals surface area contributed by atoms with Crippen molar-refractivity contribution in [1.29, 1.82) is 0 Å². The maximum absolute atomic E-state index is 12.4. The number of hydrogen-bond acceptors (Lipinski definition) is 4. The number of ether oxygens (including phenoxy) is 1. The number of hydrogen-bond donors (Lipinski definition) is 3. The van der Waals surface area contributed by atoms with Crippen LogP contribution in [-0.2, 0) is 9.59 Å². The smallest absolute Gasteiger partial charge is 0.317 e. The summed E-state index contributed by atoms with van der Waals surface area (Å²) >= 11 is 0. The molecule has 0 bridgehead atoms. The third-order valence-corrected chi connectivity index (χ3v) is 4.86. The van der Waals surface area contributed by atoms with E-state index in [0.717, 1.165) is 5.56 Å². The van der Waals surface area contributed by atoms with E-state index in [-0.39, 0.29) is 24.5 Å². The highest BCUT2D eigenvalue weighted by molar-refractivity contribution is 5.97. The average molecular weight is 361 g/mol.